The predicted octanol–water partition coefficient (Wildman–Crippen LogP) is 2.32. The minimum absolute atomic E-state index is 0.214. The molecule has 0 fully saturated rings. The Morgan fingerprint density at radius 3 is 2.52 bits per heavy atom. The number of methoxy groups -OCH3 is 1. The number of rotatable bonds is 7. The second-order valence-electron chi connectivity index (χ2n) is 6.13. The Hall–Kier alpha value is -3.37. The van der Waals surface area contributed by atoms with Crippen LogP contribution in [-0.4, -0.2) is 33.5 Å². The fourth-order valence-electron chi connectivity index (χ4n) is 2.74. The maximum Gasteiger partial charge on any atom is 0.298 e. The van der Waals surface area contributed by atoms with Crippen LogP contribution in [0.4, 0.5) is 5.69 Å². The third-order valence-corrected chi connectivity index (χ3v) is 5.25. The van der Waals surface area contributed by atoms with Gasteiger partial charge in [-0.3, -0.25) is 14.5 Å². The van der Waals surface area contributed by atoms with E-state index in [2.05, 4.69) is 14.4 Å². The molecule has 1 heterocycles. The Bertz CT molecular complexity index is 1190. The average molecular weight is 416 g/mol. The van der Waals surface area contributed by atoms with Crippen molar-refractivity contribution in [2.45, 2.75) is 6.92 Å². The van der Waals surface area contributed by atoms with Gasteiger partial charge in [-0.1, -0.05) is 0 Å². The summed E-state index contributed by atoms with van der Waals surface area (Å²) in [6.45, 7) is 1.75. The molecule has 0 saturated carbocycles. The first kappa shape index (κ1) is 20.4. The Morgan fingerprint density at radius 1 is 1.14 bits per heavy atom. The van der Waals surface area contributed by atoms with Gasteiger partial charge in [-0.15, -0.1) is 0 Å². The molecule has 152 valence electrons. The van der Waals surface area contributed by atoms with Gasteiger partial charge in [0.15, 0.2) is 0 Å². The van der Waals surface area contributed by atoms with E-state index in [1.165, 1.54) is 14.2 Å². The van der Waals surface area contributed by atoms with Crippen molar-refractivity contribution in [3.63, 3.8) is 0 Å². The smallest absolute Gasteiger partial charge is 0.298 e. The Morgan fingerprint density at radius 2 is 1.90 bits per heavy atom. The van der Waals surface area contributed by atoms with Crippen molar-refractivity contribution in [3.05, 3.63) is 53.7 Å². The average Bonchev–Trinajstić information content (AvgIpc) is 2.69. The van der Waals surface area contributed by atoms with Crippen molar-refractivity contribution in [1.82, 2.24) is 9.71 Å². The molecule has 10 heteroatoms. The van der Waals surface area contributed by atoms with Crippen molar-refractivity contribution in [2.75, 3.05) is 18.9 Å². The van der Waals surface area contributed by atoms with Crippen molar-refractivity contribution in [3.8, 4) is 17.2 Å². The summed E-state index contributed by atoms with van der Waals surface area (Å²) in [5.74, 6) is 0.643. The zero-order valence-corrected chi connectivity index (χ0v) is 16.8. The number of hydrogen-bond acceptors (Lipinski definition) is 6. The monoisotopic (exact) mass is 416 g/mol. The Balaban J connectivity index is 1.99. The van der Waals surface area contributed by atoms with Gasteiger partial charge >= 0.3 is 0 Å². The summed E-state index contributed by atoms with van der Waals surface area (Å²) in [6.07, 6.45) is 1.57. The van der Waals surface area contributed by atoms with Crippen LogP contribution < -0.4 is 24.7 Å². The zero-order chi connectivity index (χ0) is 21.2. The van der Waals surface area contributed by atoms with Gasteiger partial charge in [0.25, 0.3) is 16.1 Å². The van der Waals surface area contributed by atoms with E-state index in [1.807, 2.05) is 0 Å². The number of anilines is 1. The number of amides is 1. The van der Waals surface area contributed by atoms with Crippen LogP contribution in [0.25, 0.3) is 10.9 Å². The van der Waals surface area contributed by atoms with E-state index >= 15 is 0 Å². The van der Waals surface area contributed by atoms with E-state index < -0.39 is 16.1 Å². The van der Waals surface area contributed by atoms with Gasteiger partial charge in [0.2, 0.25) is 0 Å². The van der Waals surface area contributed by atoms with Crippen LogP contribution in [0.2, 0.25) is 0 Å². The topological polar surface area (TPSA) is 133 Å². The van der Waals surface area contributed by atoms with Gasteiger partial charge in [0.1, 0.15) is 17.2 Å². The maximum absolute atomic E-state index is 11.7. The fraction of sp³-hybridized carbons (Fsp3) is 0.158. The molecule has 0 unspecified atom stereocenters. The summed E-state index contributed by atoms with van der Waals surface area (Å²) in [4.78, 5) is 16.0. The molecule has 0 aliphatic carbocycles. The summed E-state index contributed by atoms with van der Waals surface area (Å²) in [6, 6.07) is 9.77. The van der Waals surface area contributed by atoms with Crippen LogP contribution in [0.1, 0.15) is 15.9 Å². The number of nitrogens with one attached hydrogen (secondary N) is 2. The molecule has 0 saturated heterocycles. The van der Waals surface area contributed by atoms with Gasteiger partial charge in [0, 0.05) is 24.7 Å². The molecule has 29 heavy (non-hydrogen) atoms. The number of aromatic nitrogens is 1. The largest absolute Gasteiger partial charge is 0.496 e. The molecular formula is C19H20N4O5S. The summed E-state index contributed by atoms with van der Waals surface area (Å²) >= 11 is 0. The number of ether oxygens (including phenoxy) is 2. The quantitative estimate of drug-likeness (QED) is 0.541. The Kier molecular flexibility index (Phi) is 5.57. The normalized spacial score (nSPS) is 11.3. The molecule has 4 N–H and O–H groups in total. The number of nitrogens with zero attached hydrogens (tertiary/aromatic N) is 1. The summed E-state index contributed by atoms with van der Waals surface area (Å²) < 4.78 is 39.1. The number of aryl methyl sites for hydroxylation is 1. The second-order valence-corrected chi connectivity index (χ2v) is 7.75. The van der Waals surface area contributed by atoms with Crippen molar-refractivity contribution in [1.29, 1.82) is 0 Å². The van der Waals surface area contributed by atoms with Gasteiger partial charge in [0.05, 0.1) is 23.9 Å². The standard InChI is InChI=1S/C19H20N4O5S/c1-11-8-12(4-5-15(11)23-29(25,26)21-2)28-17-6-7-22-16-10-18(27-3)14(19(20)24)9-13(16)17/h4-10,21,23H,1-3H3,(H2,20,24). The number of hydrogen-bond donors (Lipinski definition) is 3. The van der Waals surface area contributed by atoms with E-state index in [0.29, 0.717) is 39.4 Å². The highest BCUT2D eigenvalue weighted by atomic mass is 32.2. The molecule has 0 bridgehead atoms. The van der Waals surface area contributed by atoms with Crippen LogP contribution in [0, 0.1) is 6.92 Å². The van der Waals surface area contributed by atoms with Gasteiger partial charge in [-0.05, 0) is 42.8 Å². The molecule has 1 aromatic heterocycles. The highest BCUT2D eigenvalue weighted by Crippen LogP contribution is 2.34. The van der Waals surface area contributed by atoms with Crippen LogP contribution in [0.15, 0.2) is 42.6 Å². The zero-order valence-electron chi connectivity index (χ0n) is 16.0. The highest BCUT2D eigenvalue weighted by Gasteiger charge is 2.15. The number of carbonyl (C=O) groups excluding carboxylic acids is 1. The molecule has 0 aliphatic heterocycles. The number of pyridine rings is 1. The molecule has 0 atom stereocenters. The molecule has 3 rings (SSSR count). The third kappa shape index (κ3) is 4.39. The SMILES string of the molecule is CNS(=O)(=O)Nc1ccc(Oc2ccnc3cc(OC)c(C(N)=O)cc23)cc1C. The third-order valence-electron chi connectivity index (χ3n) is 4.23. The minimum atomic E-state index is -3.62. The Labute approximate surface area is 168 Å². The second kappa shape index (κ2) is 7.94. The first-order valence-electron chi connectivity index (χ1n) is 8.50. The van der Waals surface area contributed by atoms with Crippen LogP contribution in [0.3, 0.4) is 0 Å². The summed E-state index contributed by atoms with van der Waals surface area (Å²) in [7, 11) is -0.856. The molecule has 0 spiro atoms. The van der Waals surface area contributed by atoms with Crippen LogP contribution in [0.5, 0.6) is 17.2 Å². The fourth-order valence-corrected chi connectivity index (χ4v) is 3.36. The number of carbonyl (C=O) groups is 1. The molecule has 2 aromatic carbocycles. The number of benzene rings is 2. The van der Waals surface area contributed by atoms with Crippen LogP contribution >= 0.6 is 0 Å². The first-order chi connectivity index (χ1) is 13.7. The van der Waals surface area contributed by atoms with E-state index in [0.717, 1.165) is 0 Å². The van der Waals surface area contributed by atoms with E-state index in [9.17, 15) is 13.2 Å². The molecule has 9 nitrogen and oxygen atoms in total. The van der Waals surface area contributed by atoms with E-state index in [4.69, 9.17) is 15.2 Å². The number of primary amides is 1. The highest BCUT2D eigenvalue weighted by molar-refractivity contribution is 7.90. The van der Waals surface area contributed by atoms with Crippen molar-refractivity contribution in [2.24, 2.45) is 5.73 Å². The van der Waals surface area contributed by atoms with Gasteiger partial charge in [-0.25, -0.2) is 4.72 Å². The lowest BCUT2D eigenvalue weighted by molar-refractivity contribution is 0.0997. The summed E-state index contributed by atoms with van der Waals surface area (Å²) in [5.41, 5.74) is 7.31. The lowest BCUT2D eigenvalue weighted by atomic mass is 10.1. The van der Waals surface area contributed by atoms with Crippen molar-refractivity contribution < 1.29 is 22.7 Å². The van der Waals surface area contributed by atoms with Gasteiger partial charge < -0.3 is 15.2 Å². The molecular weight excluding hydrogens is 396 g/mol. The molecule has 0 aliphatic rings. The van der Waals surface area contributed by atoms with Crippen molar-refractivity contribution >= 4 is 32.7 Å². The van der Waals surface area contributed by atoms with E-state index in [-0.39, 0.29) is 5.56 Å². The summed E-state index contributed by atoms with van der Waals surface area (Å²) in [5, 5.41) is 0.583. The maximum atomic E-state index is 11.7. The lowest BCUT2D eigenvalue weighted by Crippen LogP contribution is -2.26. The van der Waals surface area contributed by atoms with Gasteiger partial charge in [-0.2, -0.15) is 8.42 Å². The number of nitrogens with two attached hydrogens (primary N) is 1. The predicted molar refractivity (Wildman–Crippen MR) is 110 cm³/mol. The minimum Gasteiger partial charge on any atom is -0.496 e. The molecule has 0 radical (unpaired) electrons. The van der Waals surface area contributed by atoms with E-state index in [1.54, 1.807) is 49.5 Å². The first-order valence-corrected chi connectivity index (χ1v) is 9.98. The molecule has 1 amide bonds. The lowest BCUT2D eigenvalue weighted by Gasteiger charge is -2.14. The number of fused-ring (bicyclic) bond motifs is 1. The van der Waals surface area contributed by atoms with Crippen LogP contribution in [-0.2, 0) is 10.2 Å². The molecule has 3 aromatic rings.